The van der Waals surface area contributed by atoms with Crippen molar-refractivity contribution in [3.63, 3.8) is 0 Å². The maximum Gasteiger partial charge on any atom is 0.337 e. The number of hydrogen-bond acceptors (Lipinski definition) is 5. The first-order valence-electron chi connectivity index (χ1n) is 10.4. The van der Waals surface area contributed by atoms with Crippen molar-refractivity contribution < 1.29 is 23.1 Å². The van der Waals surface area contributed by atoms with Crippen molar-refractivity contribution in [2.75, 3.05) is 23.3 Å². The van der Waals surface area contributed by atoms with E-state index in [1.54, 1.807) is 31.2 Å². The van der Waals surface area contributed by atoms with Crippen LogP contribution in [-0.4, -0.2) is 36.5 Å². The van der Waals surface area contributed by atoms with Gasteiger partial charge in [-0.05, 0) is 44.5 Å². The predicted molar refractivity (Wildman–Crippen MR) is 119 cm³/mol. The highest BCUT2D eigenvalue weighted by Gasteiger charge is 2.35. The van der Waals surface area contributed by atoms with Crippen LogP contribution >= 0.6 is 0 Å². The van der Waals surface area contributed by atoms with Crippen molar-refractivity contribution >= 4 is 28.5 Å². The lowest BCUT2D eigenvalue weighted by atomic mass is 10.00. The van der Waals surface area contributed by atoms with Gasteiger partial charge in [0.25, 0.3) is 0 Å². The zero-order chi connectivity index (χ0) is 23.2. The molecule has 1 aliphatic rings. The lowest BCUT2D eigenvalue weighted by Crippen LogP contribution is -2.24. The molecule has 1 saturated heterocycles. The van der Waals surface area contributed by atoms with Gasteiger partial charge in [-0.15, -0.1) is 0 Å². The van der Waals surface area contributed by atoms with Crippen LogP contribution < -0.4 is 15.6 Å². The molecule has 3 aromatic rings. The number of carboxylic acid groups (broad SMARTS) is 1. The lowest BCUT2D eigenvalue weighted by Gasteiger charge is -2.22. The second-order valence-corrected chi connectivity index (χ2v) is 8.25. The van der Waals surface area contributed by atoms with E-state index in [-0.39, 0.29) is 30.0 Å². The Balaban J connectivity index is 1.83. The van der Waals surface area contributed by atoms with Gasteiger partial charge in [0.05, 0.1) is 35.6 Å². The molecule has 2 N–H and O–H groups in total. The normalized spacial score (nSPS) is 19.3. The zero-order valence-electron chi connectivity index (χ0n) is 18.0. The highest BCUT2D eigenvalue weighted by molar-refractivity contribution is 5.94. The van der Waals surface area contributed by atoms with Crippen LogP contribution in [0.4, 0.5) is 20.4 Å². The van der Waals surface area contributed by atoms with Crippen molar-refractivity contribution in [2.45, 2.75) is 39.2 Å². The number of halogens is 2. The lowest BCUT2D eigenvalue weighted by molar-refractivity contribution is 0.0698. The van der Waals surface area contributed by atoms with Crippen LogP contribution in [0, 0.1) is 13.8 Å². The average Bonchev–Trinajstić information content (AvgIpc) is 3.08. The Morgan fingerprint density at radius 3 is 2.50 bits per heavy atom. The molecule has 0 bridgehead atoms. The summed E-state index contributed by atoms with van der Waals surface area (Å²) in [5, 5.41) is 13.0. The van der Waals surface area contributed by atoms with Crippen molar-refractivity contribution in [3.8, 4) is 0 Å². The van der Waals surface area contributed by atoms with Gasteiger partial charge in [0.15, 0.2) is 17.8 Å². The van der Waals surface area contributed by atoms with Crippen molar-refractivity contribution in [1.82, 2.24) is 0 Å². The molecule has 4 rings (SSSR count). The number of alkyl halides is 2. The van der Waals surface area contributed by atoms with Crippen molar-refractivity contribution in [2.24, 2.45) is 0 Å². The van der Waals surface area contributed by atoms with Crippen LogP contribution in [0.3, 0.4) is 0 Å². The number of nitrogens with zero attached hydrogens (tertiary/aromatic N) is 1. The van der Waals surface area contributed by atoms with Crippen molar-refractivity contribution in [1.29, 1.82) is 0 Å². The van der Waals surface area contributed by atoms with Gasteiger partial charge >= 0.3 is 5.97 Å². The molecule has 1 aliphatic heterocycles. The number of fused-ring (bicyclic) bond motifs is 1. The Kier molecular flexibility index (Phi) is 5.62. The summed E-state index contributed by atoms with van der Waals surface area (Å²) in [4.78, 5) is 26.1. The largest absolute Gasteiger partial charge is 0.478 e. The first kappa shape index (κ1) is 21.8. The third kappa shape index (κ3) is 3.81. The van der Waals surface area contributed by atoms with E-state index in [4.69, 9.17) is 4.42 Å². The summed E-state index contributed by atoms with van der Waals surface area (Å²) in [6.45, 7) is 4.91. The highest BCUT2D eigenvalue weighted by Crippen LogP contribution is 2.33. The topological polar surface area (TPSA) is 82.8 Å². The van der Waals surface area contributed by atoms with Gasteiger partial charge in [-0.1, -0.05) is 18.2 Å². The van der Waals surface area contributed by atoms with Crippen LogP contribution in [0.25, 0.3) is 11.0 Å². The van der Waals surface area contributed by atoms with Gasteiger partial charge in [-0.2, -0.15) is 0 Å². The van der Waals surface area contributed by atoms with Crippen LogP contribution in [0.15, 0.2) is 45.6 Å². The molecule has 0 spiro atoms. The van der Waals surface area contributed by atoms with E-state index in [0.717, 1.165) is 5.56 Å². The SMILES string of the molecule is Cc1cc([C@@H](C)Nc2ccccc2C(=O)O)c2oc(N3C[C@@H](F)[C@@H](F)C3)c(C)c(=O)c2c1. The summed E-state index contributed by atoms with van der Waals surface area (Å²) in [6.07, 6.45) is -3.28. The molecule has 3 atom stereocenters. The molecule has 0 saturated carbocycles. The molecule has 0 aliphatic carbocycles. The molecule has 32 heavy (non-hydrogen) atoms. The van der Waals surface area contributed by atoms with E-state index in [1.165, 1.54) is 11.0 Å². The fraction of sp³-hybridized carbons (Fsp3) is 0.333. The molecule has 1 aromatic heterocycles. The molecule has 0 amide bonds. The van der Waals surface area contributed by atoms with Gasteiger partial charge in [-0.3, -0.25) is 4.79 Å². The Labute approximate surface area is 183 Å². The average molecular weight is 442 g/mol. The van der Waals surface area contributed by atoms with Gasteiger partial charge < -0.3 is 19.7 Å². The second kappa shape index (κ2) is 8.26. The number of nitrogens with one attached hydrogen (secondary N) is 1. The third-order valence-corrected chi connectivity index (χ3v) is 5.83. The van der Waals surface area contributed by atoms with Crippen LogP contribution in [-0.2, 0) is 0 Å². The minimum absolute atomic E-state index is 0.120. The number of rotatable bonds is 5. The van der Waals surface area contributed by atoms with E-state index in [9.17, 15) is 23.5 Å². The molecule has 8 heteroatoms. The summed E-state index contributed by atoms with van der Waals surface area (Å²) in [5.74, 6) is -0.900. The second-order valence-electron chi connectivity index (χ2n) is 8.25. The fourth-order valence-corrected chi connectivity index (χ4v) is 4.18. The molecule has 2 heterocycles. The van der Waals surface area contributed by atoms with Crippen LogP contribution in [0.5, 0.6) is 0 Å². The molecule has 1 fully saturated rings. The smallest absolute Gasteiger partial charge is 0.337 e. The van der Waals surface area contributed by atoms with Crippen LogP contribution in [0.1, 0.15) is 40.0 Å². The molecule has 6 nitrogen and oxygen atoms in total. The first-order valence-corrected chi connectivity index (χ1v) is 10.4. The number of carboxylic acids is 1. The number of carbonyl (C=O) groups is 1. The monoisotopic (exact) mass is 442 g/mol. The van der Waals surface area contributed by atoms with Gasteiger partial charge in [0.1, 0.15) is 5.58 Å². The summed E-state index contributed by atoms with van der Waals surface area (Å²) < 4.78 is 33.7. The minimum atomic E-state index is -1.64. The number of para-hydroxylation sites is 1. The van der Waals surface area contributed by atoms with E-state index >= 15 is 0 Å². The molecular formula is C24H24F2N2O4. The maximum atomic E-state index is 13.8. The number of anilines is 2. The summed E-state index contributed by atoms with van der Waals surface area (Å²) in [6, 6.07) is 9.69. The third-order valence-electron chi connectivity index (χ3n) is 5.83. The fourth-order valence-electron chi connectivity index (χ4n) is 4.18. The maximum absolute atomic E-state index is 13.8. The van der Waals surface area contributed by atoms with E-state index in [1.807, 2.05) is 19.9 Å². The van der Waals surface area contributed by atoms with Crippen molar-refractivity contribution in [3.05, 3.63) is 68.9 Å². The number of benzene rings is 2. The van der Waals surface area contributed by atoms with E-state index in [0.29, 0.717) is 27.8 Å². The minimum Gasteiger partial charge on any atom is -0.478 e. The molecule has 0 unspecified atom stereocenters. The number of aromatic carboxylic acids is 1. The number of hydrogen-bond donors (Lipinski definition) is 2. The predicted octanol–water partition coefficient (Wildman–Crippen LogP) is 4.78. The van der Waals surface area contributed by atoms with E-state index < -0.39 is 24.4 Å². The Morgan fingerprint density at radius 2 is 1.84 bits per heavy atom. The summed E-state index contributed by atoms with van der Waals surface area (Å²) >= 11 is 0. The molecule has 2 aromatic carbocycles. The molecular weight excluding hydrogens is 418 g/mol. The van der Waals surface area contributed by atoms with Gasteiger partial charge in [0, 0.05) is 11.3 Å². The van der Waals surface area contributed by atoms with Gasteiger partial charge in [-0.25, -0.2) is 13.6 Å². The quantitative estimate of drug-likeness (QED) is 0.592. The van der Waals surface area contributed by atoms with E-state index in [2.05, 4.69) is 5.32 Å². The Hall–Kier alpha value is -3.42. The number of aryl methyl sites for hydroxylation is 1. The zero-order valence-corrected chi connectivity index (χ0v) is 18.0. The highest BCUT2D eigenvalue weighted by atomic mass is 19.2. The standard InChI is InChI=1S/C24H24F2N2O4/c1-12-8-16(14(3)27-20-7-5-4-6-15(20)24(30)31)22-17(9-12)21(29)13(2)23(32-22)28-10-18(25)19(26)11-28/h4-9,14,18-19,27H,10-11H2,1-3H3,(H,30,31)/t14-,18-,19+/m1/s1. The summed E-state index contributed by atoms with van der Waals surface area (Å²) in [5.41, 5.74) is 2.37. The molecule has 168 valence electrons. The van der Waals surface area contributed by atoms with Gasteiger partial charge in [0.2, 0.25) is 5.88 Å². The Morgan fingerprint density at radius 1 is 1.19 bits per heavy atom. The van der Waals surface area contributed by atoms with Crippen LogP contribution in [0.2, 0.25) is 0 Å². The summed E-state index contributed by atoms with van der Waals surface area (Å²) in [7, 11) is 0. The Bertz CT molecular complexity index is 1250. The first-order chi connectivity index (χ1) is 15.2. The molecule has 0 radical (unpaired) electrons.